The minimum absolute atomic E-state index is 0.00718. The van der Waals surface area contributed by atoms with E-state index >= 15 is 0 Å². The number of nitrogens with zero attached hydrogens (tertiary/aromatic N) is 1. The average Bonchev–Trinajstić information content (AvgIpc) is 2.97. The van der Waals surface area contributed by atoms with E-state index in [9.17, 15) is 23.1 Å². The van der Waals surface area contributed by atoms with Gasteiger partial charge in [-0.2, -0.15) is 0 Å². The summed E-state index contributed by atoms with van der Waals surface area (Å²) >= 11 is 0. The lowest BCUT2D eigenvalue weighted by atomic mass is 9.99. The number of fused-ring (bicyclic) bond motifs is 2. The molecule has 1 unspecified atom stereocenters. The molecule has 1 aliphatic rings. The molecule has 1 aliphatic heterocycles. The number of nitrogens with one attached hydrogen (secondary N) is 2. The van der Waals surface area contributed by atoms with Gasteiger partial charge in [0, 0.05) is 35.3 Å². The van der Waals surface area contributed by atoms with Crippen molar-refractivity contribution in [3.05, 3.63) is 102 Å². The molecule has 9 nitrogen and oxygen atoms in total. The second-order valence-corrected chi connectivity index (χ2v) is 12.0. The molecule has 4 aromatic carbocycles. The molecular weight excluding hydrogens is 540 g/mol. The number of carbonyl (C=O) groups excluding carboxylic acids is 1. The fraction of sp³-hybridized carbons (Fsp3) is 0.194. The lowest BCUT2D eigenvalue weighted by Gasteiger charge is -2.30. The first-order valence-electron chi connectivity index (χ1n) is 13.2. The zero-order valence-corrected chi connectivity index (χ0v) is 23.0. The van der Waals surface area contributed by atoms with Crippen LogP contribution in [0.15, 0.2) is 89.8 Å². The maximum Gasteiger partial charge on any atom is 0.342 e. The fourth-order valence-electron chi connectivity index (χ4n) is 5.18. The van der Waals surface area contributed by atoms with Crippen molar-refractivity contribution in [3.63, 3.8) is 0 Å². The molecule has 0 aliphatic carbocycles. The van der Waals surface area contributed by atoms with E-state index in [1.807, 2.05) is 12.1 Å². The molecule has 0 spiro atoms. The van der Waals surface area contributed by atoms with Crippen molar-refractivity contribution < 1.29 is 23.1 Å². The number of rotatable bonds is 9. The van der Waals surface area contributed by atoms with E-state index in [0.29, 0.717) is 47.8 Å². The van der Waals surface area contributed by atoms with Gasteiger partial charge in [-0.1, -0.05) is 60.7 Å². The number of hydrogen-bond donors (Lipinski definition) is 4. The third kappa shape index (κ3) is 5.78. The summed E-state index contributed by atoms with van der Waals surface area (Å²) in [6.45, 7) is 0.565. The molecule has 1 heterocycles. The lowest BCUT2D eigenvalue weighted by molar-refractivity contribution is -0.136. The normalized spacial score (nSPS) is 13.8. The number of carboxylic acids is 1. The maximum atomic E-state index is 13.6. The van der Waals surface area contributed by atoms with Crippen LogP contribution in [-0.4, -0.2) is 43.2 Å². The van der Waals surface area contributed by atoms with Gasteiger partial charge in [0.1, 0.15) is 5.84 Å². The summed E-state index contributed by atoms with van der Waals surface area (Å²) < 4.78 is 27.1. The smallest absolute Gasteiger partial charge is 0.342 e. The lowest BCUT2D eigenvalue weighted by Crippen LogP contribution is -2.38. The molecule has 4 aromatic rings. The Morgan fingerprint density at radius 2 is 1.73 bits per heavy atom. The highest BCUT2D eigenvalue weighted by atomic mass is 32.2. The summed E-state index contributed by atoms with van der Waals surface area (Å²) in [4.78, 5) is 27.1. The molecule has 0 bridgehead atoms. The molecule has 0 fully saturated rings. The van der Waals surface area contributed by atoms with Crippen LogP contribution >= 0.6 is 0 Å². The summed E-state index contributed by atoms with van der Waals surface area (Å²) in [6.07, 6.45) is 2.24. The zero-order valence-electron chi connectivity index (χ0n) is 22.2. The van der Waals surface area contributed by atoms with Gasteiger partial charge in [-0.05, 0) is 60.0 Å². The molecule has 0 saturated carbocycles. The van der Waals surface area contributed by atoms with Crippen LogP contribution in [0.5, 0.6) is 0 Å². The molecule has 0 aromatic heterocycles. The summed E-state index contributed by atoms with van der Waals surface area (Å²) in [5.41, 5.74) is 9.03. The van der Waals surface area contributed by atoms with Crippen molar-refractivity contribution in [1.29, 1.82) is 5.41 Å². The molecule has 0 saturated heterocycles. The second kappa shape index (κ2) is 11.4. The highest BCUT2D eigenvalue weighted by Gasteiger charge is 2.35. The standard InChI is InChI=1S/C31H30N4O5S/c32-29(33)22-13-10-20(11-14-22)12-17-28(36)35-18-4-7-23-19-24(15-16-26(23)35)34-30(31(37)38)41(39,40)27-9-3-6-21-5-1-2-8-25(21)27/h1-3,5-6,8-11,13-16,19,30,34H,4,7,12,17-18H2,(H3,32,33)(H,37,38). The second-order valence-electron chi connectivity index (χ2n) is 9.99. The minimum atomic E-state index is -4.31. The van der Waals surface area contributed by atoms with Gasteiger partial charge in [0.2, 0.25) is 21.1 Å². The first-order valence-corrected chi connectivity index (χ1v) is 14.8. The van der Waals surface area contributed by atoms with Crippen molar-refractivity contribution in [2.24, 2.45) is 5.73 Å². The van der Waals surface area contributed by atoms with E-state index in [-0.39, 0.29) is 16.6 Å². The number of aliphatic carboxylic acids is 1. The van der Waals surface area contributed by atoms with Crippen LogP contribution in [-0.2, 0) is 32.3 Å². The largest absolute Gasteiger partial charge is 0.479 e. The topological polar surface area (TPSA) is 154 Å². The Hall–Kier alpha value is -4.70. The van der Waals surface area contributed by atoms with Gasteiger partial charge in [0.25, 0.3) is 0 Å². The Kier molecular flexibility index (Phi) is 7.76. The van der Waals surface area contributed by atoms with E-state index in [1.165, 1.54) is 6.07 Å². The third-order valence-electron chi connectivity index (χ3n) is 7.28. The van der Waals surface area contributed by atoms with Gasteiger partial charge in [0.15, 0.2) is 0 Å². The molecule has 10 heteroatoms. The van der Waals surface area contributed by atoms with E-state index in [2.05, 4.69) is 5.32 Å². The van der Waals surface area contributed by atoms with Gasteiger partial charge in [-0.15, -0.1) is 0 Å². The number of aryl methyl sites for hydroxylation is 2. The van der Waals surface area contributed by atoms with Gasteiger partial charge < -0.3 is 21.1 Å². The Balaban J connectivity index is 1.34. The Labute approximate surface area is 238 Å². The van der Waals surface area contributed by atoms with Gasteiger partial charge in [-0.3, -0.25) is 10.2 Å². The Bertz CT molecular complexity index is 1750. The van der Waals surface area contributed by atoms with Crippen LogP contribution < -0.4 is 16.0 Å². The predicted octanol–water partition coefficient (Wildman–Crippen LogP) is 4.33. The van der Waals surface area contributed by atoms with E-state index in [4.69, 9.17) is 11.1 Å². The molecule has 1 amide bonds. The summed E-state index contributed by atoms with van der Waals surface area (Å²) in [6, 6.07) is 24.0. The quantitative estimate of drug-likeness (QED) is 0.172. The highest BCUT2D eigenvalue weighted by Crippen LogP contribution is 2.32. The van der Waals surface area contributed by atoms with E-state index in [1.54, 1.807) is 71.6 Å². The van der Waals surface area contributed by atoms with Crippen LogP contribution in [0.4, 0.5) is 11.4 Å². The molecule has 5 N–H and O–H groups in total. The number of hydrogen-bond acceptors (Lipinski definition) is 6. The number of anilines is 2. The van der Waals surface area contributed by atoms with Gasteiger partial charge in [0.05, 0.1) is 4.90 Å². The summed E-state index contributed by atoms with van der Waals surface area (Å²) in [5.74, 6) is -1.56. The molecule has 41 heavy (non-hydrogen) atoms. The number of sulfone groups is 1. The minimum Gasteiger partial charge on any atom is -0.479 e. The first kappa shape index (κ1) is 27.9. The van der Waals surface area contributed by atoms with Crippen molar-refractivity contribution >= 4 is 49.7 Å². The third-order valence-corrected chi connectivity index (χ3v) is 9.19. The number of carbonyl (C=O) groups is 2. The molecular formula is C31H30N4O5S. The van der Waals surface area contributed by atoms with Crippen LogP contribution in [0.1, 0.15) is 29.5 Å². The molecule has 1 atom stereocenters. The van der Waals surface area contributed by atoms with Crippen molar-refractivity contribution in [2.75, 3.05) is 16.8 Å². The van der Waals surface area contributed by atoms with Gasteiger partial charge in [-0.25, -0.2) is 13.2 Å². The first-order chi connectivity index (χ1) is 19.6. The van der Waals surface area contributed by atoms with Crippen LogP contribution in [0.2, 0.25) is 0 Å². The van der Waals surface area contributed by atoms with E-state index < -0.39 is 21.2 Å². The van der Waals surface area contributed by atoms with Crippen molar-refractivity contribution in [1.82, 2.24) is 0 Å². The summed E-state index contributed by atoms with van der Waals surface area (Å²) in [7, 11) is -4.31. The Morgan fingerprint density at radius 3 is 2.46 bits per heavy atom. The van der Waals surface area contributed by atoms with Crippen molar-refractivity contribution in [3.8, 4) is 0 Å². The van der Waals surface area contributed by atoms with Gasteiger partial charge >= 0.3 is 5.97 Å². The van der Waals surface area contributed by atoms with Crippen LogP contribution in [0.25, 0.3) is 10.8 Å². The molecule has 5 rings (SSSR count). The Morgan fingerprint density at radius 1 is 1.00 bits per heavy atom. The summed E-state index contributed by atoms with van der Waals surface area (Å²) in [5, 5.41) is 19.4. The number of amides is 1. The highest BCUT2D eigenvalue weighted by molar-refractivity contribution is 7.93. The molecule has 0 radical (unpaired) electrons. The fourth-order valence-corrected chi connectivity index (χ4v) is 6.75. The van der Waals surface area contributed by atoms with Crippen molar-refractivity contribution in [2.45, 2.75) is 36.0 Å². The number of amidine groups is 1. The average molecular weight is 571 g/mol. The number of carboxylic acid groups (broad SMARTS) is 1. The monoisotopic (exact) mass is 570 g/mol. The number of nitrogens with two attached hydrogens (primary N) is 1. The number of benzene rings is 4. The maximum absolute atomic E-state index is 13.6. The zero-order chi connectivity index (χ0) is 29.1. The molecule has 210 valence electrons. The predicted molar refractivity (Wildman–Crippen MR) is 159 cm³/mol. The number of nitrogen functional groups attached to an aromatic ring is 1. The SMILES string of the molecule is N=C(N)c1ccc(CCC(=O)N2CCCc3cc(NC(C(=O)O)S(=O)(=O)c4cccc5ccccc45)ccc32)cc1. The van der Waals surface area contributed by atoms with Crippen LogP contribution in [0.3, 0.4) is 0 Å². The van der Waals surface area contributed by atoms with Crippen LogP contribution in [0, 0.1) is 5.41 Å². The van der Waals surface area contributed by atoms with E-state index in [0.717, 1.165) is 23.2 Å².